The quantitative estimate of drug-likeness (QED) is 0.630. The van der Waals surface area contributed by atoms with E-state index < -0.39 is 33.7 Å². The highest BCUT2D eigenvalue weighted by atomic mass is 19.1. The molecule has 0 aromatic heterocycles. The maximum atomic E-state index is 13.3. The van der Waals surface area contributed by atoms with Crippen molar-refractivity contribution in [2.75, 3.05) is 6.54 Å². The van der Waals surface area contributed by atoms with Gasteiger partial charge >= 0.3 is 11.7 Å². The molecule has 0 saturated heterocycles. The normalized spacial score (nSPS) is 10.9. The lowest BCUT2D eigenvalue weighted by Gasteiger charge is -2.19. The summed E-state index contributed by atoms with van der Waals surface area (Å²) in [5, 5.41) is 21.7. The Kier molecular flexibility index (Phi) is 4.38. The largest absolute Gasteiger partial charge is 0.481 e. The fourth-order valence-corrected chi connectivity index (χ4v) is 1.28. The van der Waals surface area contributed by atoms with E-state index in [9.17, 15) is 24.1 Å². The zero-order valence-corrected chi connectivity index (χ0v) is 10.8. The molecular weight excluding hydrogens is 271 g/mol. The number of nitrogens with zero attached hydrogens (tertiary/aromatic N) is 1. The van der Waals surface area contributed by atoms with Crippen LogP contribution in [0.5, 0.6) is 0 Å². The number of nitro groups is 1. The summed E-state index contributed by atoms with van der Waals surface area (Å²) in [5.41, 5.74) is -2.02. The first-order valence-corrected chi connectivity index (χ1v) is 5.60. The number of rotatable bonds is 5. The molecular formula is C12H13FN2O5. The van der Waals surface area contributed by atoms with E-state index in [1.807, 2.05) is 0 Å². The number of hydrogen-bond donors (Lipinski definition) is 2. The molecule has 0 fully saturated rings. The molecule has 0 atom stereocenters. The van der Waals surface area contributed by atoms with Gasteiger partial charge in [-0.15, -0.1) is 0 Å². The van der Waals surface area contributed by atoms with Crippen LogP contribution < -0.4 is 5.32 Å². The van der Waals surface area contributed by atoms with Crippen LogP contribution in [0.2, 0.25) is 0 Å². The number of carboxylic acid groups (broad SMARTS) is 1. The molecule has 1 amide bonds. The van der Waals surface area contributed by atoms with Crippen molar-refractivity contribution >= 4 is 17.6 Å². The van der Waals surface area contributed by atoms with Gasteiger partial charge in [-0.3, -0.25) is 19.7 Å². The van der Waals surface area contributed by atoms with E-state index >= 15 is 0 Å². The van der Waals surface area contributed by atoms with Gasteiger partial charge in [0.05, 0.1) is 10.3 Å². The predicted octanol–water partition coefficient (Wildman–Crippen LogP) is 1.57. The molecule has 0 aliphatic carbocycles. The molecule has 1 aromatic rings. The highest BCUT2D eigenvalue weighted by molar-refractivity contribution is 5.94. The molecule has 7 nitrogen and oxygen atoms in total. The lowest BCUT2D eigenvalue weighted by molar-refractivity contribution is -0.387. The minimum Gasteiger partial charge on any atom is -0.481 e. The summed E-state index contributed by atoms with van der Waals surface area (Å²) in [7, 11) is 0. The van der Waals surface area contributed by atoms with Crippen LogP contribution in [-0.2, 0) is 4.79 Å². The van der Waals surface area contributed by atoms with Crippen molar-refractivity contribution in [2.24, 2.45) is 5.41 Å². The van der Waals surface area contributed by atoms with Gasteiger partial charge in [-0.25, -0.2) is 0 Å². The lowest BCUT2D eigenvalue weighted by atomic mass is 9.94. The van der Waals surface area contributed by atoms with Gasteiger partial charge in [0.1, 0.15) is 0 Å². The molecule has 1 aromatic carbocycles. The van der Waals surface area contributed by atoms with Crippen molar-refractivity contribution in [1.29, 1.82) is 0 Å². The van der Waals surface area contributed by atoms with Crippen molar-refractivity contribution in [2.45, 2.75) is 13.8 Å². The number of hydrogen-bond acceptors (Lipinski definition) is 4. The van der Waals surface area contributed by atoms with Gasteiger partial charge in [-0.05, 0) is 26.0 Å². The number of halogens is 1. The third kappa shape index (κ3) is 3.50. The SMILES string of the molecule is CC(C)(CNC(=O)c1ccc([N+](=O)[O-])c(F)c1)C(=O)O. The van der Waals surface area contributed by atoms with Crippen molar-refractivity contribution in [3.63, 3.8) is 0 Å². The first-order valence-electron chi connectivity index (χ1n) is 5.60. The Hall–Kier alpha value is -2.51. The molecule has 0 aliphatic rings. The number of carbonyl (C=O) groups excluding carboxylic acids is 1. The smallest absolute Gasteiger partial charge is 0.310 e. The van der Waals surface area contributed by atoms with E-state index in [0.29, 0.717) is 0 Å². The Balaban J connectivity index is 2.82. The average molecular weight is 284 g/mol. The molecule has 1 rings (SSSR count). The molecule has 0 saturated carbocycles. The van der Waals surface area contributed by atoms with Crippen LogP contribution in [0.25, 0.3) is 0 Å². The molecule has 0 radical (unpaired) electrons. The maximum Gasteiger partial charge on any atom is 0.310 e. The van der Waals surface area contributed by atoms with E-state index in [-0.39, 0.29) is 12.1 Å². The zero-order chi connectivity index (χ0) is 15.5. The molecule has 0 spiro atoms. The molecule has 0 unspecified atom stereocenters. The van der Waals surface area contributed by atoms with E-state index in [1.165, 1.54) is 13.8 Å². The molecule has 2 N–H and O–H groups in total. The van der Waals surface area contributed by atoms with Gasteiger partial charge in [0.25, 0.3) is 5.91 Å². The van der Waals surface area contributed by atoms with Gasteiger partial charge in [-0.1, -0.05) is 0 Å². The topological polar surface area (TPSA) is 110 Å². The van der Waals surface area contributed by atoms with E-state index in [0.717, 1.165) is 18.2 Å². The highest BCUT2D eigenvalue weighted by Crippen LogP contribution is 2.18. The van der Waals surface area contributed by atoms with Crippen LogP contribution >= 0.6 is 0 Å². The molecule has 0 aliphatic heterocycles. The molecule has 108 valence electrons. The van der Waals surface area contributed by atoms with Gasteiger partial charge in [0.15, 0.2) is 0 Å². The number of aliphatic carboxylic acids is 1. The summed E-state index contributed by atoms with van der Waals surface area (Å²) in [5.74, 6) is -2.92. The second-order valence-electron chi connectivity index (χ2n) is 4.80. The van der Waals surface area contributed by atoms with Crippen LogP contribution in [0, 0.1) is 21.3 Å². The molecule has 0 heterocycles. The summed E-state index contributed by atoms with van der Waals surface area (Å²) in [6.07, 6.45) is 0. The van der Waals surface area contributed by atoms with E-state index in [2.05, 4.69) is 5.32 Å². The third-order valence-electron chi connectivity index (χ3n) is 2.68. The number of carboxylic acids is 1. The van der Waals surface area contributed by atoms with Crippen molar-refractivity contribution in [3.05, 3.63) is 39.7 Å². The van der Waals surface area contributed by atoms with Crippen molar-refractivity contribution < 1.29 is 24.0 Å². The number of carbonyl (C=O) groups is 2. The van der Waals surface area contributed by atoms with Crippen molar-refractivity contribution in [3.8, 4) is 0 Å². The number of nitrogens with one attached hydrogen (secondary N) is 1. The third-order valence-corrected chi connectivity index (χ3v) is 2.68. The fraction of sp³-hybridized carbons (Fsp3) is 0.333. The van der Waals surface area contributed by atoms with Crippen LogP contribution in [0.15, 0.2) is 18.2 Å². The first-order chi connectivity index (χ1) is 9.15. The molecule has 0 bridgehead atoms. The monoisotopic (exact) mass is 284 g/mol. The van der Waals surface area contributed by atoms with Gasteiger partial charge in [0.2, 0.25) is 5.82 Å². The van der Waals surface area contributed by atoms with Crippen LogP contribution in [0.3, 0.4) is 0 Å². The van der Waals surface area contributed by atoms with Gasteiger partial charge < -0.3 is 10.4 Å². The minimum absolute atomic E-state index is 0.116. The van der Waals surface area contributed by atoms with E-state index in [1.54, 1.807) is 0 Å². The Bertz CT molecular complexity index is 571. The van der Waals surface area contributed by atoms with Crippen LogP contribution in [0.1, 0.15) is 24.2 Å². The number of nitro benzene ring substituents is 1. The Morgan fingerprint density at radius 3 is 2.50 bits per heavy atom. The maximum absolute atomic E-state index is 13.3. The summed E-state index contributed by atoms with van der Waals surface area (Å²) in [6, 6.07) is 2.72. The summed E-state index contributed by atoms with van der Waals surface area (Å²) in [6.45, 7) is 2.69. The predicted molar refractivity (Wildman–Crippen MR) is 66.8 cm³/mol. The summed E-state index contributed by atoms with van der Waals surface area (Å²) < 4.78 is 13.3. The summed E-state index contributed by atoms with van der Waals surface area (Å²) in [4.78, 5) is 32.1. The van der Waals surface area contributed by atoms with Crippen LogP contribution in [0.4, 0.5) is 10.1 Å². The highest BCUT2D eigenvalue weighted by Gasteiger charge is 2.28. The Morgan fingerprint density at radius 2 is 2.05 bits per heavy atom. The number of benzene rings is 1. The lowest BCUT2D eigenvalue weighted by Crippen LogP contribution is -2.38. The van der Waals surface area contributed by atoms with Gasteiger partial charge in [-0.2, -0.15) is 4.39 Å². The average Bonchev–Trinajstić information content (AvgIpc) is 2.35. The van der Waals surface area contributed by atoms with Crippen molar-refractivity contribution in [1.82, 2.24) is 5.32 Å². The van der Waals surface area contributed by atoms with Gasteiger partial charge in [0, 0.05) is 18.2 Å². The fourth-order valence-electron chi connectivity index (χ4n) is 1.28. The van der Waals surface area contributed by atoms with Crippen LogP contribution in [-0.4, -0.2) is 28.5 Å². The summed E-state index contributed by atoms with van der Waals surface area (Å²) >= 11 is 0. The minimum atomic E-state index is -1.17. The molecule has 8 heteroatoms. The second kappa shape index (κ2) is 5.64. The van der Waals surface area contributed by atoms with E-state index in [4.69, 9.17) is 5.11 Å². The Morgan fingerprint density at radius 1 is 1.45 bits per heavy atom. The number of amides is 1. The second-order valence-corrected chi connectivity index (χ2v) is 4.80. The standard InChI is InChI=1S/C12H13FN2O5/c1-12(2,11(17)18)6-14-10(16)7-3-4-9(15(19)20)8(13)5-7/h3-5H,6H2,1-2H3,(H,14,16)(H,17,18). The zero-order valence-electron chi connectivity index (χ0n) is 10.8. The Labute approximate surface area is 113 Å². The molecule has 20 heavy (non-hydrogen) atoms. The first kappa shape index (κ1) is 15.5.